The summed E-state index contributed by atoms with van der Waals surface area (Å²) >= 11 is 0. The molecule has 0 fully saturated rings. The fraction of sp³-hybridized carbons (Fsp3) is 0.148. The zero-order valence-electron chi connectivity index (χ0n) is 18.8. The summed E-state index contributed by atoms with van der Waals surface area (Å²) < 4.78 is 17.7. The van der Waals surface area contributed by atoms with Gasteiger partial charge in [0.25, 0.3) is 5.56 Å². The maximum absolute atomic E-state index is 12.5. The van der Waals surface area contributed by atoms with Gasteiger partial charge >= 0.3 is 0 Å². The Labute approximate surface area is 201 Å². The van der Waals surface area contributed by atoms with Gasteiger partial charge in [0, 0.05) is 18.2 Å². The van der Waals surface area contributed by atoms with Crippen molar-refractivity contribution >= 4 is 5.91 Å². The van der Waals surface area contributed by atoms with E-state index in [2.05, 4.69) is 10.4 Å². The number of fused-ring (bicyclic) bond motifs is 1. The molecule has 1 aliphatic rings. The molecule has 0 spiro atoms. The van der Waals surface area contributed by atoms with Crippen LogP contribution in [0.1, 0.15) is 11.1 Å². The molecule has 0 radical (unpaired) electrons. The first-order chi connectivity index (χ1) is 17.1. The van der Waals surface area contributed by atoms with Crippen LogP contribution in [0.5, 0.6) is 17.2 Å². The number of nitrogens with one attached hydrogen (secondary N) is 1. The van der Waals surface area contributed by atoms with Crippen molar-refractivity contribution in [1.29, 1.82) is 0 Å². The third-order valence-electron chi connectivity index (χ3n) is 5.49. The van der Waals surface area contributed by atoms with Gasteiger partial charge in [-0.15, -0.1) is 0 Å². The maximum atomic E-state index is 12.5. The monoisotopic (exact) mass is 469 g/mol. The van der Waals surface area contributed by atoms with Crippen LogP contribution in [0.2, 0.25) is 0 Å². The third kappa shape index (κ3) is 5.50. The lowest BCUT2D eigenvalue weighted by Crippen LogP contribution is -2.33. The Hall–Kier alpha value is -4.59. The second kappa shape index (κ2) is 10.1. The second-order valence-corrected chi connectivity index (χ2v) is 7.98. The van der Waals surface area contributed by atoms with Crippen LogP contribution in [0.3, 0.4) is 0 Å². The fourth-order valence-electron chi connectivity index (χ4n) is 3.61. The molecule has 1 aromatic heterocycles. The highest BCUT2D eigenvalue weighted by atomic mass is 16.7. The standard InChI is InChI=1S/C27H23N3O5/c31-26(28-15-19-6-9-22(10-7-19)33-17-20-4-2-1-3-5-20)16-30-27(32)13-11-23(29-30)21-8-12-24-25(14-21)35-18-34-24/h1-14H,15-18H2,(H,28,31). The van der Waals surface area contributed by atoms with Crippen LogP contribution < -0.4 is 25.1 Å². The van der Waals surface area contributed by atoms with Gasteiger partial charge in [0.05, 0.1) is 5.69 Å². The zero-order valence-corrected chi connectivity index (χ0v) is 18.8. The molecule has 35 heavy (non-hydrogen) atoms. The largest absolute Gasteiger partial charge is 0.489 e. The van der Waals surface area contributed by atoms with E-state index in [1.54, 1.807) is 18.2 Å². The quantitative estimate of drug-likeness (QED) is 0.425. The first-order valence-electron chi connectivity index (χ1n) is 11.1. The molecule has 0 saturated carbocycles. The summed E-state index contributed by atoms with van der Waals surface area (Å²) in [5, 5.41) is 7.18. The van der Waals surface area contributed by atoms with Gasteiger partial charge in [-0.25, -0.2) is 4.68 Å². The van der Waals surface area contributed by atoms with Crippen LogP contribution in [0.15, 0.2) is 89.7 Å². The Morgan fingerprint density at radius 1 is 0.914 bits per heavy atom. The number of hydrogen-bond acceptors (Lipinski definition) is 6. The van der Waals surface area contributed by atoms with Gasteiger partial charge in [-0.1, -0.05) is 42.5 Å². The minimum atomic E-state index is -0.357. The number of ether oxygens (including phenoxy) is 3. The van der Waals surface area contributed by atoms with Crippen molar-refractivity contribution in [3.8, 4) is 28.5 Å². The smallest absolute Gasteiger partial charge is 0.267 e. The average molecular weight is 469 g/mol. The molecule has 5 rings (SSSR count). The SMILES string of the molecule is O=C(Cn1nc(-c2ccc3c(c2)OCO3)ccc1=O)NCc1ccc(OCc2ccccc2)cc1. The summed E-state index contributed by atoms with van der Waals surface area (Å²) in [7, 11) is 0. The van der Waals surface area contributed by atoms with Crippen LogP contribution in [0.4, 0.5) is 0 Å². The average Bonchev–Trinajstić information content (AvgIpc) is 3.37. The van der Waals surface area contributed by atoms with Crippen molar-refractivity contribution < 1.29 is 19.0 Å². The summed E-state index contributed by atoms with van der Waals surface area (Å²) in [6.45, 7) is 0.809. The molecule has 0 bridgehead atoms. The molecule has 3 aromatic carbocycles. The van der Waals surface area contributed by atoms with Gasteiger partial charge in [0.1, 0.15) is 18.9 Å². The van der Waals surface area contributed by atoms with E-state index >= 15 is 0 Å². The second-order valence-electron chi connectivity index (χ2n) is 7.98. The summed E-state index contributed by atoms with van der Waals surface area (Å²) in [4.78, 5) is 24.8. The van der Waals surface area contributed by atoms with Crippen LogP contribution >= 0.6 is 0 Å². The van der Waals surface area contributed by atoms with E-state index < -0.39 is 0 Å². The predicted octanol–water partition coefficient (Wildman–Crippen LogP) is 3.53. The molecule has 2 heterocycles. The van der Waals surface area contributed by atoms with Crippen LogP contribution in [-0.4, -0.2) is 22.5 Å². The van der Waals surface area contributed by atoms with E-state index in [9.17, 15) is 9.59 Å². The van der Waals surface area contributed by atoms with E-state index in [1.807, 2.05) is 60.7 Å². The van der Waals surface area contributed by atoms with Gasteiger partial charge < -0.3 is 19.5 Å². The van der Waals surface area contributed by atoms with E-state index in [1.165, 1.54) is 6.07 Å². The highest BCUT2D eigenvalue weighted by Crippen LogP contribution is 2.35. The maximum Gasteiger partial charge on any atom is 0.267 e. The molecule has 176 valence electrons. The number of aromatic nitrogens is 2. The number of nitrogens with zero attached hydrogens (tertiary/aromatic N) is 2. The summed E-state index contributed by atoms with van der Waals surface area (Å²) in [5.41, 5.74) is 2.97. The zero-order chi connectivity index (χ0) is 24.0. The van der Waals surface area contributed by atoms with Crippen molar-refractivity contribution in [2.24, 2.45) is 0 Å². The summed E-state index contributed by atoms with van der Waals surface area (Å²) in [6.07, 6.45) is 0. The lowest BCUT2D eigenvalue weighted by Gasteiger charge is -2.10. The first-order valence-corrected chi connectivity index (χ1v) is 11.1. The highest BCUT2D eigenvalue weighted by Gasteiger charge is 2.15. The molecular formula is C27H23N3O5. The van der Waals surface area contributed by atoms with Crippen LogP contribution in [0, 0.1) is 0 Å². The van der Waals surface area contributed by atoms with Crippen molar-refractivity contribution in [3.05, 3.63) is 106 Å². The van der Waals surface area contributed by atoms with Gasteiger partial charge in [0.2, 0.25) is 12.7 Å². The van der Waals surface area contributed by atoms with Crippen molar-refractivity contribution in [3.63, 3.8) is 0 Å². The van der Waals surface area contributed by atoms with Crippen LogP contribution in [0.25, 0.3) is 11.3 Å². The molecule has 0 saturated heterocycles. The lowest BCUT2D eigenvalue weighted by molar-refractivity contribution is -0.122. The Balaban J connectivity index is 1.17. The molecular weight excluding hydrogens is 446 g/mol. The van der Waals surface area contributed by atoms with Crippen molar-refractivity contribution in [1.82, 2.24) is 15.1 Å². The minimum Gasteiger partial charge on any atom is -0.489 e. The lowest BCUT2D eigenvalue weighted by atomic mass is 10.1. The molecule has 0 aliphatic carbocycles. The normalized spacial score (nSPS) is 11.8. The molecule has 1 aliphatic heterocycles. The molecule has 0 atom stereocenters. The van der Waals surface area contributed by atoms with E-state index in [0.29, 0.717) is 30.3 Å². The van der Waals surface area contributed by atoms with Gasteiger partial charge in [-0.2, -0.15) is 5.10 Å². The van der Waals surface area contributed by atoms with Gasteiger partial charge in [-0.05, 0) is 47.5 Å². The Morgan fingerprint density at radius 3 is 2.54 bits per heavy atom. The Morgan fingerprint density at radius 2 is 1.71 bits per heavy atom. The van der Waals surface area contributed by atoms with E-state index in [-0.39, 0.29) is 24.8 Å². The molecule has 1 N–H and O–H groups in total. The van der Waals surface area contributed by atoms with Crippen LogP contribution in [-0.2, 0) is 24.5 Å². The minimum absolute atomic E-state index is 0.176. The van der Waals surface area contributed by atoms with Gasteiger partial charge in [-0.3, -0.25) is 9.59 Å². The number of benzene rings is 3. The first kappa shape index (κ1) is 22.2. The number of carbonyl (C=O) groups is 1. The Kier molecular flexibility index (Phi) is 6.43. The fourth-order valence-corrected chi connectivity index (χ4v) is 3.61. The van der Waals surface area contributed by atoms with Gasteiger partial charge in [0.15, 0.2) is 11.5 Å². The van der Waals surface area contributed by atoms with E-state index in [0.717, 1.165) is 27.1 Å². The number of rotatable bonds is 8. The number of carbonyl (C=O) groups excluding carboxylic acids is 1. The molecule has 4 aromatic rings. The molecule has 0 unspecified atom stereocenters. The highest BCUT2D eigenvalue weighted by molar-refractivity contribution is 5.75. The molecule has 8 nitrogen and oxygen atoms in total. The molecule has 8 heteroatoms. The van der Waals surface area contributed by atoms with Crippen molar-refractivity contribution in [2.45, 2.75) is 19.7 Å². The molecule has 1 amide bonds. The predicted molar refractivity (Wildman–Crippen MR) is 129 cm³/mol. The number of hydrogen-bond donors (Lipinski definition) is 1. The number of amides is 1. The Bertz CT molecular complexity index is 1380. The van der Waals surface area contributed by atoms with E-state index in [4.69, 9.17) is 14.2 Å². The summed E-state index contributed by atoms with van der Waals surface area (Å²) in [6, 6.07) is 25.9. The van der Waals surface area contributed by atoms with Crippen molar-refractivity contribution in [2.75, 3.05) is 6.79 Å². The third-order valence-corrected chi connectivity index (χ3v) is 5.49. The summed E-state index contributed by atoms with van der Waals surface area (Å²) in [5.74, 6) is 1.72. The topological polar surface area (TPSA) is 91.7 Å².